The van der Waals surface area contributed by atoms with Crippen LogP contribution in [0.3, 0.4) is 0 Å². The largest absolute Gasteiger partial charge is 0.490 e. The summed E-state index contributed by atoms with van der Waals surface area (Å²) in [5.41, 5.74) is 0. The zero-order valence-corrected chi connectivity index (χ0v) is 8.89. The zero-order chi connectivity index (χ0) is 9.97. The van der Waals surface area contributed by atoms with Gasteiger partial charge in [-0.3, -0.25) is 4.79 Å². The van der Waals surface area contributed by atoms with Crippen LogP contribution in [0, 0.1) is 6.92 Å². The first-order valence-corrected chi connectivity index (χ1v) is 5.53. The van der Waals surface area contributed by atoms with Crippen molar-refractivity contribution >= 4 is 17.1 Å². The molecule has 74 valence electrons. The third-order valence-corrected chi connectivity index (χ3v) is 3.12. The number of thiophene rings is 1. The molecule has 3 heteroatoms. The molecule has 1 aromatic rings. The molecule has 2 rings (SSSR count). The van der Waals surface area contributed by atoms with E-state index in [4.69, 9.17) is 4.74 Å². The number of allylic oxidation sites excluding steroid dienone is 2. The average Bonchev–Trinajstić information content (AvgIpc) is 2.65. The molecule has 0 aromatic carbocycles. The van der Waals surface area contributed by atoms with E-state index in [9.17, 15) is 4.79 Å². The first kappa shape index (κ1) is 9.46. The molecule has 0 aliphatic carbocycles. The summed E-state index contributed by atoms with van der Waals surface area (Å²) in [6.45, 7) is 2.67. The summed E-state index contributed by atoms with van der Waals surface area (Å²) in [6.07, 6.45) is 3.85. The lowest BCUT2D eigenvalue weighted by molar-refractivity contribution is 0.0903. The number of ketones is 1. The predicted molar refractivity (Wildman–Crippen MR) is 56.7 cm³/mol. The number of Topliss-reactive ketones (excluding diaryl/α,β-unsaturated/α-hetero) is 1. The smallest absolute Gasteiger partial charge is 0.237 e. The maximum Gasteiger partial charge on any atom is 0.237 e. The van der Waals surface area contributed by atoms with E-state index in [-0.39, 0.29) is 5.78 Å². The Morgan fingerprint density at radius 3 is 2.93 bits per heavy atom. The number of aryl methyl sites for hydroxylation is 1. The quantitative estimate of drug-likeness (QED) is 0.698. The van der Waals surface area contributed by atoms with E-state index in [1.165, 1.54) is 11.3 Å². The second kappa shape index (κ2) is 3.96. The van der Waals surface area contributed by atoms with E-state index in [2.05, 4.69) is 0 Å². The number of ether oxygens (including phenoxy) is 1. The molecule has 1 aliphatic rings. The molecule has 0 fully saturated rings. The van der Waals surface area contributed by atoms with Crippen LogP contribution in [0.5, 0.6) is 0 Å². The Labute approximate surface area is 87.2 Å². The molecule has 14 heavy (non-hydrogen) atoms. The van der Waals surface area contributed by atoms with Crippen LogP contribution < -0.4 is 0 Å². The maximum absolute atomic E-state index is 11.8. The maximum atomic E-state index is 11.8. The summed E-state index contributed by atoms with van der Waals surface area (Å²) >= 11 is 1.52. The lowest BCUT2D eigenvalue weighted by atomic mass is 10.2. The van der Waals surface area contributed by atoms with Crippen LogP contribution in [-0.4, -0.2) is 12.4 Å². The van der Waals surface area contributed by atoms with Crippen molar-refractivity contribution in [3.8, 4) is 0 Å². The molecule has 2 heterocycles. The van der Waals surface area contributed by atoms with E-state index in [1.807, 2.05) is 25.1 Å². The van der Waals surface area contributed by atoms with Crippen molar-refractivity contribution in [3.05, 3.63) is 33.7 Å². The molecule has 0 N–H and O–H groups in total. The van der Waals surface area contributed by atoms with Gasteiger partial charge in [0, 0.05) is 4.88 Å². The van der Waals surface area contributed by atoms with Crippen LogP contribution in [0.15, 0.2) is 24.0 Å². The van der Waals surface area contributed by atoms with Gasteiger partial charge < -0.3 is 4.74 Å². The molecule has 0 radical (unpaired) electrons. The van der Waals surface area contributed by atoms with Gasteiger partial charge in [-0.05, 0) is 38.0 Å². The number of carbonyl (C=O) groups is 1. The zero-order valence-electron chi connectivity index (χ0n) is 8.08. The van der Waals surface area contributed by atoms with Crippen molar-refractivity contribution in [2.75, 3.05) is 6.61 Å². The highest BCUT2D eigenvalue weighted by molar-refractivity contribution is 7.14. The lowest BCUT2D eigenvalue weighted by Gasteiger charge is -2.12. The van der Waals surface area contributed by atoms with Crippen LogP contribution in [0.2, 0.25) is 0 Å². The molecular formula is C11H12O2S. The normalized spacial score (nSPS) is 15.9. The molecular weight excluding hydrogens is 196 g/mol. The van der Waals surface area contributed by atoms with Crippen molar-refractivity contribution in [2.45, 2.75) is 19.8 Å². The van der Waals surface area contributed by atoms with Gasteiger partial charge in [-0.1, -0.05) is 0 Å². The van der Waals surface area contributed by atoms with E-state index in [0.29, 0.717) is 12.4 Å². The van der Waals surface area contributed by atoms with Crippen molar-refractivity contribution in [3.63, 3.8) is 0 Å². The highest BCUT2D eigenvalue weighted by atomic mass is 32.1. The second-order valence-electron chi connectivity index (χ2n) is 3.30. The van der Waals surface area contributed by atoms with Crippen LogP contribution in [0.4, 0.5) is 0 Å². The Morgan fingerprint density at radius 2 is 2.36 bits per heavy atom. The minimum Gasteiger partial charge on any atom is -0.490 e. The van der Waals surface area contributed by atoms with Crippen molar-refractivity contribution in [2.24, 2.45) is 0 Å². The first-order chi connectivity index (χ1) is 6.77. The molecule has 0 saturated carbocycles. The fraction of sp³-hybridized carbons (Fsp3) is 0.364. The van der Waals surface area contributed by atoms with Gasteiger partial charge in [0.2, 0.25) is 5.78 Å². The summed E-state index contributed by atoms with van der Waals surface area (Å²) in [6, 6.07) is 3.82. The van der Waals surface area contributed by atoms with Crippen LogP contribution in [-0.2, 0) is 4.74 Å². The van der Waals surface area contributed by atoms with Crippen LogP contribution in [0.25, 0.3) is 0 Å². The van der Waals surface area contributed by atoms with Gasteiger partial charge in [0.1, 0.15) is 0 Å². The molecule has 2 nitrogen and oxygen atoms in total. The van der Waals surface area contributed by atoms with E-state index in [0.717, 1.165) is 22.6 Å². The van der Waals surface area contributed by atoms with Crippen molar-refractivity contribution in [1.82, 2.24) is 0 Å². The Kier molecular flexibility index (Phi) is 2.68. The molecule has 0 spiro atoms. The lowest BCUT2D eigenvalue weighted by Crippen LogP contribution is -2.10. The monoisotopic (exact) mass is 208 g/mol. The number of carbonyl (C=O) groups excluding carboxylic acids is 1. The number of hydrogen-bond donors (Lipinski definition) is 0. The third-order valence-electron chi connectivity index (χ3n) is 2.12. The van der Waals surface area contributed by atoms with Gasteiger partial charge in [-0.15, -0.1) is 11.3 Å². The second-order valence-corrected chi connectivity index (χ2v) is 4.59. The molecule has 1 aromatic heterocycles. The number of hydrogen-bond acceptors (Lipinski definition) is 3. The summed E-state index contributed by atoms with van der Waals surface area (Å²) in [5.74, 6) is 0.556. The van der Waals surface area contributed by atoms with Gasteiger partial charge >= 0.3 is 0 Å². The summed E-state index contributed by atoms with van der Waals surface area (Å²) in [7, 11) is 0. The highest BCUT2D eigenvalue weighted by Gasteiger charge is 2.17. The molecule has 0 atom stereocenters. The van der Waals surface area contributed by atoms with Gasteiger partial charge in [0.05, 0.1) is 11.5 Å². The van der Waals surface area contributed by atoms with Crippen molar-refractivity contribution < 1.29 is 9.53 Å². The standard InChI is InChI=1S/C11H12O2S/c1-8-5-6-10(14-8)11(12)9-4-2-3-7-13-9/h4-6H,2-3,7H2,1H3. The summed E-state index contributed by atoms with van der Waals surface area (Å²) in [4.78, 5) is 13.8. The van der Waals surface area contributed by atoms with Crippen molar-refractivity contribution in [1.29, 1.82) is 0 Å². The molecule has 0 saturated heterocycles. The molecule has 0 amide bonds. The van der Waals surface area contributed by atoms with Gasteiger partial charge in [-0.2, -0.15) is 0 Å². The van der Waals surface area contributed by atoms with Gasteiger partial charge in [-0.25, -0.2) is 0 Å². The van der Waals surface area contributed by atoms with E-state index in [1.54, 1.807) is 0 Å². The minimum atomic E-state index is 0.0304. The first-order valence-electron chi connectivity index (χ1n) is 4.71. The van der Waals surface area contributed by atoms with E-state index >= 15 is 0 Å². The molecule has 0 bridgehead atoms. The molecule has 1 aliphatic heterocycles. The average molecular weight is 208 g/mol. The highest BCUT2D eigenvalue weighted by Crippen LogP contribution is 2.21. The summed E-state index contributed by atoms with van der Waals surface area (Å²) < 4.78 is 5.32. The van der Waals surface area contributed by atoms with Gasteiger partial charge in [0.15, 0.2) is 5.76 Å². The summed E-state index contributed by atoms with van der Waals surface area (Å²) in [5, 5.41) is 0. The van der Waals surface area contributed by atoms with Crippen LogP contribution >= 0.6 is 11.3 Å². The minimum absolute atomic E-state index is 0.0304. The fourth-order valence-electron chi connectivity index (χ4n) is 1.39. The SMILES string of the molecule is Cc1ccc(C(=O)C2=CCCCO2)s1. The predicted octanol–water partition coefficient (Wildman–Crippen LogP) is 2.93. The molecule has 0 unspecified atom stereocenters. The Morgan fingerprint density at radius 1 is 1.50 bits per heavy atom. The topological polar surface area (TPSA) is 26.3 Å². The third kappa shape index (κ3) is 1.87. The van der Waals surface area contributed by atoms with E-state index < -0.39 is 0 Å². The Bertz CT molecular complexity index is 376. The fourth-order valence-corrected chi connectivity index (χ4v) is 2.21. The Balaban J connectivity index is 2.19. The van der Waals surface area contributed by atoms with Crippen LogP contribution in [0.1, 0.15) is 27.4 Å². The number of rotatable bonds is 2. The van der Waals surface area contributed by atoms with Gasteiger partial charge in [0.25, 0.3) is 0 Å². The Hall–Kier alpha value is -1.09.